The number of hydrogen-bond acceptors (Lipinski definition) is 7. The summed E-state index contributed by atoms with van der Waals surface area (Å²) in [5.41, 5.74) is 0.215. The summed E-state index contributed by atoms with van der Waals surface area (Å²) in [5.74, 6) is 0.370. The molecule has 0 unspecified atom stereocenters. The van der Waals surface area contributed by atoms with Crippen molar-refractivity contribution in [2.45, 2.75) is 11.8 Å². The van der Waals surface area contributed by atoms with Crippen LogP contribution >= 0.6 is 0 Å². The van der Waals surface area contributed by atoms with Gasteiger partial charge in [0, 0.05) is 37.8 Å². The van der Waals surface area contributed by atoms with Crippen molar-refractivity contribution in [1.82, 2.24) is 14.8 Å². The minimum absolute atomic E-state index is 0.0356. The molecular formula is C17H22N4O5S. The third kappa shape index (κ3) is 5.36. The second-order valence-electron chi connectivity index (χ2n) is 6.16. The lowest BCUT2D eigenvalue weighted by Crippen LogP contribution is -2.41. The van der Waals surface area contributed by atoms with E-state index in [0.717, 1.165) is 13.1 Å². The molecule has 0 saturated carbocycles. The van der Waals surface area contributed by atoms with Gasteiger partial charge >= 0.3 is 0 Å². The van der Waals surface area contributed by atoms with Crippen molar-refractivity contribution in [1.29, 1.82) is 0 Å². The van der Waals surface area contributed by atoms with E-state index in [4.69, 9.17) is 9.26 Å². The summed E-state index contributed by atoms with van der Waals surface area (Å²) in [6.45, 7) is 5.51. The molecule has 1 aromatic heterocycles. The number of hydrogen-bond donors (Lipinski definition) is 2. The van der Waals surface area contributed by atoms with Crippen LogP contribution in [-0.4, -0.2) is 63.8 Å². The molecule has 2 aromatic rings. The standard InChI is InChI=1S/C17H22N4O5S/c1-13-11-16(20-26-13)19-17(22)14-3-2-4-15(12-14)27(23,24)18-5-6-21-7-9-25-10-8-21/h2-4,11-12,18H,5-10H2,1H3,(H,19,20,22). The summed E-state index contributed by atoms with van der Waals surface area (Å²) in [7, 11) is -3.71. The first-order valence-electron chi connectivity index (χ1n) is 8.58. The highest BCUT2D eigenvalue weighted by Crippen LogP contribution is 2.14. The third-order valence-electron chi connectivity index (χ3n) is 4.10. The number of ether oxygens (including phenoxy) is 1. The number of aryl methyl sites for hydroxylation is 1. The smallest absolute Gasteiger partial charge is 0.256 e. The fourth-order valence-electron chi connectivity index (χ4n) is 2.66. The van der Waals surface area contributed by atoms with Crippen LogP contribution in [0.4, 0.5) is 5.82 Å². The summed E-state index contributed by atoms with van der Waals surface area (Å²) in [6.07, 6.45) is 0. The normalized spacial score (nSPS) is 15.6. The first-order chi connectivity index (χ1) is 12.9. The highest BCUT2D eigenvalue weighted by molar-refractivity contribution is 7.89. The fraction of sp³-hybridized carbons (Fsp3) is 0.412. The van der Waals surface area contributed by atoms with Crippen molar-refractivity contribution in [3.8, 4) is 0 Å². The van der Waals surface area contributed by atoms with E-state index >= 15 is 0 Å². The Labute approximate surface area is 157 Å². The summed E-state index contributed by atoms with van der Waals surface area (Å²) >= 11 is 0. The van der Waals surface area contributed by atoms with Crippen molar-refractivity contribution in [2.75, 3.05) is 44.7 Å². The Morgan fingerprint density at radius 3 is 2.74 bits per heavy atom. The van der Waals surface area contributed by atoms with E-state index < -0.39 is 15.9 Å². The summed E-state index contributed by atoms with van der Waals surface area (Å²) in [4.78, 5) is 14.5. The Morgan fingerprint density at radius 1 is 1.26 bits per heavy atom. The lowest BCUT2D eigenvalue weighted by molar-refractivity contribution is 0.0390. The molecule has 10 heteroatoms. The van der Waals surface area contributed by atoms with Gasteiger partial charge in [-0.25, -0.2) is 13.1 Å². The molecule has 1 aliphatic rings. The van der Waals surface area contributed by atoms with Gasteiger partial charge in [0.25, 0.3) is 5.91 Å². The van der Waals surface area contributed by atoms with E-state index in [2.05, 4.69) is 20.1 Å². The second kappa shape index (κ2) is 8.61. The molecule has 2 N–H and O–H groups in total. The molecule has 0 bridgehead atoms. The van der Waals surface area contributed by atoms with Crippen LogP contribution in [0.2, 0.25) is 0 Å². The Kier molecular flexibility index (Phi) is 6.22. The van der Waals surface area contributed by atoms with E-state index in [0.29, 0.717) is 25.5 Å². The van der Waals surface area contributed by atoms with Gasteiger partial charge in [-0.1, -0.05) is 11.2 Å². The van der Waals surface area contributed by atoms with E-state index in [9.17, 15) is 13.2 Å². The number of aromatic nitrogens is 1. The zero-order valence-corrected chi connectivity index (χ0v) is 15.8. The van der Waals surface area contributed by atoms with Crippen LogP contribution < -0.4 is 10.0 Å². The van der Waals surface area contributed by atoms with Gasteiger partial charge in [-0.15, -0.1) is 0 Å². The maximum atomic E-state index is 12.5. The second-order valence-corrected chi connectivity index (χ2v) is 7.92. The zero-order valence-electron chi connectivity index (χ0n) is 15.0. The number of carbonyl (C=O) groups excluding carboxylic acids is 1. The molecule has 1 amide bonds. The van der Waals surface area contributed by atoms with Gasteiger partial charge in [0.15, 0.2) is 5.82 Å². The molecule has 0 radical (unpaired) electrons. The van der Waals surface area contributed by atoms with Crippen molar-refractivity contribution in [3.05, 3.63) is 41.7 Å². The SMILES string of the molecule is Cc1cc(NC(=O)c2cccc(S(=O)(=O)NCCN3CCOCC3)c2)no1. The topological polar surface area (TPSA) is 114 Å². The first-order valence-corrected chi connectivity index (χ1v) is 10.1. The number of anilines is 1. The predicted octanol–water partition coefficient (Wildman–Crippen LogP) is 0.846. The Morgan fingerprint density at radius 2 is 2.04 bits per heavy atom. The number of carbonyl (C=O) groups is 1. The van der Waals surface area contributed by atoms with Gasteiger partial charge in [-0.3, -0.25) is 9.69 Å². The molecule has 3 rings (SSSR count). The van der Waals surface area contributed by atoms with Crippen LogP contribution in [0.25, 0.3) is 0 Å². The van der Waals surface area contributed by atoms with E-state index in [1.54, 1.807) is 13.0 Å². The van der Waals surface area contributed by atoms with Gasteiger partial charge in [-0.2, -0.15) is 0 Å². The summed E-state index contributed by atoms with van der Waals surface area (Å²) in [5, 5.41) is 6.25. The van der Waals surface area contributed by atoms with Crippen LogP contribution in [0.1, 0.15) is 16.1 Å². The average molecular weight is 394 g/mol. The molecule has 0 atom stereocenters. The van der Waals surface area contributed by atoms with E-state index in [1.165, 1.54) is 24.3 Å². The molecule has 9 nitrogen and oxygen atoms in total. The monoisotopic (exact) mass is 394 g/mol. The Hall–Kier alpha value is -2.27. The molecule has 1 aromatic carbocycles. The molecule has 146 valence electrons. The lowest BCUT2D eigenvalue weighted by atomic mass is 10.2. The van der Waals surface area contributed by atoms with Gasteiger partial charge in [0.2, 0.25) is 10.0 Å². The Bertz CT molecular complexity index is 890. The maximum Gasteiger partial charge on any atom is 0.256 e. The number of nitrogens with one attached hydrogen (secondary N) is 2. The van der Waals surface area contributed by atoms with E-state index in [1.807, 2.05) is 0 Å². The number of morpholine rings is 1. The van der Waals surface area contributed by atoms with Crippen LogP contribution in [0.3, 0.4) is 0 Å². The number of benzene rings is 1. The Balaban J connectivity index is 1.61. The van der Waals surface area contributed by atoms with Gasteiger partial charge in [-0.05, 0) is 25.1 Å². The highest BCUT2D eigenvalue weighted by atomic mass is 32.2. The van der Waals surface area contributed by atoms with E-state index in [-0.39, 0.29) is 22.8 Å². The molecule has 2 heterocycles. The number of nitrogens with zero attached hydrogens (tertiary/aromatic N) is 2. The molecule has 0 aliphatic carbocycles. The number of rotatable bonds is 7. The van der Waals surface area contributed by atoms with Gasteiger partial charge < -0.3 is 14.6 Å². The minimum atomic E-state index is -3.71. The molecule has 1 aliphatic heterocycles. The van der Waals surface area contributed by atoms with Crippen molar-refractivity contribution < 1.29 is 22.5 Å². The average Bonchev–Trinajstić information content (AvgIpc) is 3.07. The summed E-state index contributed by atoms with van der Waals surface area (Å²) < 4.78 is 37.7. The molecular weight excluding hydrogens is 372 g/mol. The quantitative estimate of drug-likeness (QED) is 0.715. The fourth-order valence-corrected chi connectivity index (χ4v) is 3.73. The highest BCUT2D eigenvalue weighted by Gasteiger charge is 2.18. The minimum Gasteiger partial charge on any atom is -0.379 e. The van der Waals surface area contributed by atoms with Crippen LogP contribution in [0, 0.1) is 6.92 Å². The maximum absolute atomic E-state index is 12.5. The lowest BCUT2D eigenvalue weighted by Gasteiger charge is -2.26. The van der Waals surface area contributed by atoms with Crippen LogP contribution in [-0.2, 0) is 14.8 Å². The largest absolute Gasteiger partial charge is 0.379 e. The summed E-state index contributed by atoms with van der Waals surface area (Å²) in [6, 6.07) is 7.42. The van der Waals surface area contributed by atoms with Crippen LogP contribution in [0.15, 0.2) is 39.8 Å². The van der Waals surface area contributed by atoms with Crippen molar-refractivity contribution >= 4 is 21.7 Å². The molecule has 0 spiro atoms. The number of amides is 1. The number of sulfonamides is 1. The first kappa shape index (κ1) is 19.5. The van der Waals surface area contributed by atoms with Crippen molar-refractivity contribution in [2.24, 2.45) is 0 Å². The van der Waals surface area contributed by atoms with Crippen LogP contribution in [0.5, 0.6) is 0 Å². The van der Waals surface area contributed by atoms with Gasteiger partial charge in [0.1, 0.15) is 5.76 Å². The molecule has 1 fully saturated rings. The third-order valence-corrected chi connectivity index (χ3v) is 5.56. The molecule has 27 heavy (non-hydrogen) atoms. The zero-order chi connectivity index (χ0) is 19.3. The van der Waals surface area contributed by atoms with Crippen molar-refractivity contribution in [3.63, 3.8) is 0 Å². The predicted molar refractivity (Wildman–Crippen MR) is 98.1 cm³/mol. The molecule has 1 saturated heterocycles. The van der Waals surface area contributed by atoms with Gasteiger partial charge in [0.05, 0.1) is 18.1 Å².